The lowest BCUT2D eigenvalue weighted by Gasteiger charge is -2.09. The van der Waals surface area contributed by atoms with Gasteiger partial charge in [0.25, 0.3) is 0 Å². The number of nitrogens with one attached hydrogen (secondary N) is 1. The summed E-state index contributed by atoms with van der Waals surface area (Å²) >= 11 is 0. The Hall–Kier alpha value is -1.68. The third kappa shape index (κ3) is 4.00. The zero-order valence-corrected chi connectivity index (χ0v) is 10.4. The summed E-state index contributed by atoms with van der Waals surface area (Å²) in [6.07, 6.45) is 7.26. The van der Waals surface area contributed by atoms with Crippen molar-refractivity contribution in [3.8, 4) is 11.8 Å². The molecule has 0 radical (unpaired) electrons. The Bertz CT molecular complexity index is 434. The molecule has 0 heterocycles. The van der Waals surface area contributed by atoms with Gasteiger partial charge < -0.3 is 5.32 Å². The van der Waals surface area contributed by atoms with E-state index in [1.807, 2.05) is 18.2 Å². The summed E-state index contributed by atoms with van der Waals surface area (Å²) in [5.41, 5.74) is 2.45. The van der Waals surface area contributed by atoms with Crippen LogP contribution >= 0.6 is 0 Å². The van der Waals surface area contributed by atoms with Crippen LogP contribution in [-0.4, -0.2) is 6.04 Å². The Kier molecular flexibility index (Phi) is 4.27. The van der Waals surface area contributed by atoms with E-state index in [2.05, 4.69) is 42.3 Å². The molecule has 0 aliphatic heterocycles. The van der Waals surface area contributed by atoms with Crippen molar-refractivity contribution in [1.29, 1.82) is 0 Å². The summed E-state index contributed by atoms with van der Waals surface area (Å²) in [5, 5.41) is 3.38. The minimum atomic E-state index is 0.195. The van der Waals surface area contributed by atoms with Crippen LogP contribution in [0.2, 0.25) is 0 Å². The van der Waals surface area contributed by atoms with Crippen LogP contribution in [0.1, 0.15) is 32.6 Å². The van der Waals surface area contributed by atoms with Gasteiger partial charge in [-0.3, -0.25) is 0 Å². The fourth-order valence-corrected chi connectivity index (χ4v) is 1.97. The number of hydrogen-bond donors (Lipinski definition) is 1. The van der Waals surface area contributed by atoms with Gasteiger partial charge in [0.2, 0.25) is 0 Å². The van der Waals surface area contributed by atoms with Crippen LogP contribution in [0, 0.1) is 11.8 Å². The summed E-state index contributed by atoms with van der Waals surface area (Å²) < 4.78 is 0. The minimum Gasteiger partial charge on any atom is -0.372 e. The number of para-hydroxylation sites is 1. The molecule has 0 saturated carbocycles. The van der Waals surface area contributed by atoms with Crippen molar-refractivity contribution in [3.63, 3.8) is 0 Å². The maximum absolute atomic E-state index is 3.38. The first-order chi connectivity index (χ1) is 8.34. The predicted molar refractivity (Wildman–Crippen MR) is 73.9 cm³/mol. The van der Waals surface area contributed by atoms with Crippen molar-refractivity contribution >= 4 is 5.69 Å². The molecule has 1 aromatic rings. The van der Waals surface area contributed by atoms with Gasteiger partial charge in [0, 0.05) is 5.69 Å². The standard InChI is InChI=1S/C16H19N/c1-14(17-16-10-6-3-7-11-16)12-13-15-8-4-2-5-9-15/h3,6-8,10-11,14,17H,2,4-5,9H2,1H3. The lowest BCUT2D eigenvalue weighted by molar-refractivity contribution is 0.715. The molecule has 1 nitrogen and oxygen atoms in total. The van der Waals surface area contributed by atoms with Crippen LogP contribution in [0.25, 0.3) is 0 Å². The monoisotopic (exact) mass is 225 g/mol. The molecule has 1 aliphatic carbocycles. The minimum absolute atomic E-state index is 0.195. The highest BCUT2D eigenvalue weighted by Crippen LogP contribution is 2.16. The highest BCUT2D eigenvalue weighted by molar-refractivity contribution is 5.45. The summed E-state index contributed by atoms with van der Waals surface area (Å²) in [7, 11) is 0. The molecule has 1 aliphatic rings. The fourth-order valence-electron chi connectivity index (χ4n) is 1.97. The summed E-state index contributed by atoms with van der Waals surface area (Å²) in [6, 6.07) is 10.4. The maximum atomic E-state index is 3.38. The van der Waals surface area contributed by atoms with Gasteiger partial charge in [0.1, 0.15) is 0 Å². The molecular formula is C16H19N. The van der Waals surface area contributed by atoms with Gasteiger partial charge in [-0.2, -0.15) is 0 Å². The van der Waals surface area contributed by atoms with Gasteiger partial charge in [-0.05, 0) is 50.3 Å². The quantitative estimate of drug-likeness (QED) is 0.750. The summed E-state index contributed by atoms with van der Waals surface area (Å²) in [4.78, 5) is 0. The Morgan fingerprint density at radius 1 is 1.18 bits per heavy atom. The van der Waals surface area contributed by atoms with Crippen LogP contribution in [0.5, 0.6) is 0 Å². The Labute approximate surface area is 104 Å². The van der Waals surface area contributed by atoms with Crippen LogP contribution < -0.4 is 5.32 Å². The van der Waals surface area contributed by atoms with E-state index in [9.17, 15) is 0 Å². The third-order valence-corrected chi connectivity index (χ3v) is 2.90. The molecule has 0 saturated heterocycles. The van der Waals surface area contributed by atoms with Gasteiger partial charge in [-0.1, -0.05) is 36.1 Å². The Balaban J connectivity index is 1.91. The van der Waals surface area contributed by atoms with Crippen LogP contribution in [-0.2, 0) is 0 Å². The van der Waals surface area contributed by atoms with Crippen molar-refractivity contribution < 1.29 is 0 Å². The fraction of sp³-hybridized carbons (Fsp3) is 0.375. The second-order valence-electron chi connectivity index (χ2n) is 4.48. The lowest BCUT2D eigenvalue weighted by atomic mass is 10.00. The van der Waals surface area contributed by atoms with Crippen molar-refractivity contribution in [2.75, 3.05) is 5.32 Å². The highest BCUT2D eigenvalue weighted by atomic mass is 14.9. The average molecular weight is 225 g/mol. The molecular weight excluding hydrogens is 206 g/mol. The van der Waals surface area contributed by atoms with E-state index >= 15 is 0 Å². The molecule has 1 unspecified atom stereocenters. The number of anilines is 1. The van der Waals surface area contributed by atoms with E-state index in [-0.39, 0.29) is 6.04 Å². The van der Waals surface area contributed by atoms with E-state index in [4.69, 9.17) is 0 Å². The van der Waals surface area contributed by atoms with Gasteiger partial charge in [-0.25, -0.2) is 0 Å². The zero-order valence-electron chi connectivity index (χ0n) is 10.4. The normalized spacial score (nSPS) is 16.4. The third-order valence-electron chi connectivity index (χ3n) is 2.90. The first-order valence-corrected chi connectivity index (χ1v) is 6.37. The molecule has 1 atom stereocenters. The van der Waals surface area contributed by atoms with Crippen LogP contribution in [0.3, 0.4) is 0 Å². The number of rotatable bonds is 2. The van der Waals surface area contributed by atoms with Gasteiger partial charge in [-0.15, -0.1) is 0 Å². The van der Waals surface area contributed by atoms with Gasteiger partial charge in [0.05, 0.1) is 6.04 Å². The second kappa shape index (κ2) is 6.15. The van der Waals surface area contributed by atoms with E-state index < -0.39 is 0 Å². The number of hydrogen-bond acceptors (Lipinski definition) is 1. The smallest absolute Gasteiger partial charge is 0.0852 e. The van der Waals surface area contributed by atoms with E-state index in [1.54, 1.807) is 0 Å². The molecule has 1 aromatic carbocycles. The predicted octanol–water partition coefficient (Wildman–Crippen LogP) is 3.99. The first-order valence-electron chi connectivity index (χ1n) is 6.37. The number of allylic oxidation sites excluding steroid dienone is 2. The molecule has 1 N–H and O–H groups in total. The molecule has 0 amide bonds. The second-order valence-corrected chi connectivity index (χ2v) is 4.48. The van der Waals surface area contributed by atoms with E-state index in [0.29, 0.717) is 0 Å². The van der Waals surface area contributed by atoms with Crippen LogP contribution in [0.15, 0.2) is 42.0 Å². The van der Waals surface area contributed by atoms with Gasteiger partial charge >= 0.3 is 0 Å². The average Bonchev–Trinajstić information content (AvgIpc) is 2.39. The Morgan fingerprint density at radius 2 is 2.00 bits per heavy atom. The van der Waals surface area contributed by atoms with Crippen LogP contribution in [0.4, 0.5) is 5.69 Å². The lowest BCUT2D eigenvalue weighted by Crippen LogP contribution is -2.12. The van der Waals surface area contributed by atoms with Crippen molar-refractivity contribution in [1.82, 2.24) is 0 Å². The molecule has 0 bridgehead atoms. The molecule has 17 heavy (non-hydrogen) atoms. The van der Waals surface area contributed by atoms with Gasteiger partial charge in [0.15, 0.2) is 0 Å². The first kappa shape index (κ1) is 11.8. The zero-order chi connectivity index (χ0) is 11.9. The molecule has 0 spiro atoms. The van der Waals surface area contributed by atoms with Crippen molar-refractivity contribution in [2.45, 2.75) is 38.6 Å². The summed E-state index contributed by atoms with van der Waals surface area (Å²) in [6.45, 7) is 2.10. The molecule has 2 rings (SSSR count). The largest absolute Gasteiger partial charge is 0.372 e. The SMILES string of the molecule is CC(C#CC1=CCCCC1)Nc1ccccc1. The topological polar surface area (TPSA) is 12.0 Å². The molecule has 1 heteroatoms. The highest BCUT2D eigenvalue weighted by Gasteiger charge is 2.00. The molecule has 0 aromatic heterocycles. The molecule has 88 valence electrons. The molecule has 0 fully saturated rings. The summed E-state index contributed by atoms with van der Waals surface area (Å²) in [5.74, 6) is 6.56. The van der Waals surface area contributed by atoms with Crippen molar-refractivity contribution in [3.05, 3.63) is 42.0 Å². The van der Waals surface area contributed by atoms with E-state index in [1.165, 1.54) is 24.8 Å². The Morgan fingerprint density at radius 3 is 2.71 bits per heavy atom. The van der Waals surface area contributed by atoms with E-state index in [0.717, 1.165) is 12.1 Å². The number of benzene rings is 1. The van der Waals surface area contributed by atoms with Crippen molar-refractivity contribution in [2.24, 2.45) is 0 Å². The maximum Gasteiger partial charge on any atom is 0.0852 e.